The maximum Gasteiger partial charge on any atom is 0.337 e. The summed E-state index contributed by atoms with van der Waals surface area (Å²) in [5.74, 6) is -2.39. The first kappa shape index (κ1) is 19.4. The highest BCUT2D eigenvalue weighted by Gasteiger charge is 2.15. The van der Waals surface area contributed by atoms with Crippen LogP contribution in [0.15, 0.2) is 47.6 Å². The molecule has 0 aliphatic carbocycles. The molecule has 134 valence electrons. The van der Waals surface area contributed by atoms with E-state index in [4.69, 9.17) is 23.2 Å². The number of nitrogens with zero attached hydrogens (tertiary/aromatic N) is 1. The summed E-state index contributed by atoms with van der Waals surface area (Å²) in [5, 5.41) is 6.39. The highest BCUT2D eigenvalue weighted by atomic mass is 35.5. The molecule has 26 heavy (non-hydrogen) atoms. The molecule has 0 saturated carbocycles. The highest BCUT2D eigenvalue weighted by molar-refractivity contribution is 6.45. The Morgan fingerprint density at radius 3 is 2.38 bits per heavy atom. The summed E-state index contributed by atoms with van der Waals surface area (Å²) in [7, 11) is 1.29. The summed E-state index contributed by atoms with van der Waals surface area (Å²) in [4.78, 5) is 34.9. The van der Waals surface area contributed by atoms with Gasteiger partial charge in [0.2, 0.25) is 0 Å². The number of hydrogen-bond donors (Lipinski definition) is 2. The second-order valence-electron chi connectivity index (χ2n) is 4.87. The Balaban J connectivity index is 1.93. The van der Waals surface area contributed by atoms with E-state index in [0.29, 0.717) is 11.1 Å². The molecule has 2 rings (SSSR count). The summed E-state index contributed by atoms with van der Waals surface area (Å²) in [6.07, 6.45) is 1.32. The number of benzene rings is 2. The molecule has 2 aromatic carbocycles. The Kier molecular flexibility index (Phi) is 6.71. The average molecular weight is 394 g/mol. The third kappa shape index (κ3) is 5.05. The molecule has 0 saturated heterocycles. The van der Waals surface area contributed by atoms with Gasteiger partial charge in [0.05, 0.1) is 34.6 Å². The lowest BCUT2D eigenvalue weighted by atomic mass is 10.1. The second kappa shape index (κ2) is 8.98. The smallest absolute Gasteiger partial charge is 0.337 e. The van der Waals surface area contributed by atoms with Crippen LogP contribution in [-0.2, 0) is 14.3 Å². The largest absolute Gasteiger partial charge is 0.465 e. The Labute approximate surface area is 158 Å². The summed E-state index contributed by atoms with van der Waals surface area (Å²) in [6, 6.07) is 10.9. The first-order valence-corrected chi connectivity index (χ1v) is 7.94. The number of amides is 2. The third-order valence-corrected chi connectivity index (χ3v) is 3.94. The van der Waals surface area contributed by atoms with Gasteiger partial charge in [-0.3, -0.25) is 9.59 Å². The van der Waals surface area contributed by atoms with Crippen molar-refractivity contribution in [2.24, 2.45) is 5.10 Å². The van der Waals surface area contributed by atoms with E-state index >= 15 is 0 Å². The summed E-state index contributed by atoms with van der Waals surface area (Å²) in [6.45, 7) is 0. The fraction of sp³-hybridized carbons (Fsp3) is 0.0588. The van der Waals surface area contributed by atoms with E-state index < -0.39 is 17.8 Å². The van der Waals surface area contributed by atoms with Gasteiger partial charge in [0.1, 0.15) is 0 Å². The topological polar surface area (TPSA) is 96.9 Å². The highest BCUT2D eigenvalue weighted by Crippen LogP contribution is 2.29. The van der Waals surface area contributed by atoms with Gasteiger partial charge in [-0.2, -0.15) is 5.10 Å². The van der Waals surface area contributed by atoms with Crippen LogP contribution in [0, 0.1) is 0 Å². The average Bonchev–Trinajstić information content (AvgIpc) is 2.65. The molecule has 2 N–H and O–H groups in total. The van der Waals surface area contributed by atoms with E-state index in [-0.39, 0.29) is 15.7 Å². The van der Waals surface area contributed by atoms with Crippen LogP contribution in [0.5, 0.6) is 0 Å². The first-order chi connectivity index (χ1) is 12.4. The van der Waals surface area contributed by atoms with Crippen molar-refractivity contribution < 1.29 is 19.1 Å². The van der Waals surface area contributed by atoms with Crippen molar-refractivity contribution in [3.63, 3.8) is 0 Å². The SMILES string of the molecule is COC(=O)c1ccc(/C=N/NC(=O)C(=O)Nc2cccc(Cl)c2Cl)cc1. The van der Waals surface area contributed by atoms with Gasteiger partial charge in [-0.05, 0) is 29.8 Å². The van der Waals surface area contributed by atoms with E-state index in [1.54, 1.807) is 36.4 Å². The number of ether oxygens (including phenoxy) is 1. The standard InChI is InChI=1S/C17H13Cl2N3O4/c1-26-17(25)11-7-5-10(6-8-11)9-20-22-16(24)15(23)21-13-4-2-3-12(18)14(13)19/h2-9H,1H3,(H,21,23)(H,22,24)/b20-9+. The summed E-state index contributed by atoms with van der Waals surface area (Å²) in [5.41, 5.74) is 3.28. The number of hydrogen-bond acceptors (Lipinski definition) is 5. The van der Waals surface area contributed by atoms with Crippen LogP contribution < -0.4 is 10.7 Å². The van der Waals surface area contributed by atoms with Crippen molar-refractivity contribution in [2.75, 3.05) is 12.4 Å². The number of esters is 1. The van der Waals surface area contributed by atoms with E-state index in [0.717, 1.165) is 0 Å². The monoisotopic (exact) mass is 393 g/mol. The zero-order valence-electron chi connectivity index (χ0n) is 13.5. The molecule has 0 radical (unpaired) electrons. The Morgan fingerprint density at radius 1 is 1.04 bits per heavy atom. The third-order valence-electron chi connectivity index (χ3n) is 3.12. The fourth-order valence-corrected chi connectivity index (χ4v) is 2.17. The van der Waals surface area contributed by atoms with Crippen molar-refractivity contribution in [1.82, 2.24) is 5.43 Å². The molecule has 0 aliphatic rings. The first-order valence-electron chi connectivity index (χ1n) is 7.19. The van der Waals surface area contributed by atoms with Crippen molar-refractivity contribution in [2.45, 2.75) is 0 Å². The molecule has 0 aromatic heterocycles. The number of carbonyl (C=O) groups excluding carboxylic acids is 3. The predicted octanol–water partition coefficient (Wildman–Crippen LogP) is 2.87. The minimum absolute atomic E-state index is 0.129. The molecule has 0 aliphatic heterocycles. The molecule has 2 aromatic rings. The Morgan fingerprint density at radius 2 is 1.73 bits per heavy atom. The normalized spacial score (nSPS) is 10.4. The maximum atomic E-state index is 11.8. The molecule has 0 heterocycles. The number of anilines is 1. The van der Waals surface area contributed by atoms with Crippen molar-refractivity contribution in [1.29, 1.82) is 0 Å². The number of rotatable bonds is 4. The fourth-order valence-electron chi connectivity index (χ4n) is 1.82. The quantitative estimate of drug-likeness (QED) is 0.361. The molecule has 7 nitrogen and oxygen atoms in total. The number of nitrogens with one attached hydrogen (secondary N) is 2. The van der Waals surface area contributed by atoms with Gasteiger partial charge in [0.15, 0.2) is 0 Å². The van der Waals surface area contributed by atoms with Gasteiger partial charge in [-0.1, -0.05) is 41.4 Å². The molecule has 9 heteroatoms. The predicted molar refractivity (Wildman–Crippen MR) is 98.6 cm³/mol. The molecule has 0 fully saturated rings. The maximum absolute atomic E-state index is 11.8. The van der Waals surface area contributed by atoms with Gasteiger partial charge in [0, 0.05) is 0 Å². The lowest BCUT2D eigenvalue weighted by Crippen LogP contribution is -2.32. The van der Waals surface area contributed by atoms with E-state index in [2.05, 4.69) is 20.6 Å². The van der Waals surface area contributed by atoms with Gasteiger partial charge in [0.25, 0.3) is 0 Å². The van der Waals surface area contributed by atoms with Gasteiger partial charge >= 0.3 is 17.8 Å². The molecular weight excluding hydrogens is 381 g/mol. The van der Waals surface area contributed by atoms with Crippen LogP contribution in [0.25, 0.3) is 0 Å². The number of hydrazone groups is 1. The van der Waals surface area contributed by atoms with E-state index in [9.17, 15) is 14.4 Å². The van der Waals surface area contributed by atoms with Crippen LogP contribution >= 0.6 is 23.2 Å². The molecule has 0 bridgehead atoms. The summed E-state index contributed by atoms with van der Waals surface area (Å²) < 4.78 is 4.59. The van der Waals surface area contributed by atoms with Crippen LogP contribution in [0.4, 0.5) is 5.69 Å². The molecule has 0 spiro atoms. The minimum atomic E-state index is -0.983. The zero-order valence-corrected chi connectivity index (χ0v) is 15.0. The van der Waals surface area contributed by atoms with Gasteiger partial charge in [-0.15, -0.1) is 0 Å². The van der Waals surface area contributed by atoms with Crippen molar-refractivity contribution in [3.05, 3.63) is 63.6 Å². The summed E-state index contributed by atoms with van der Waals surface area (Å²) >= 11 is 11.8. The minimum Gasteiger partial charge on any atom is -0.465 e. The molecule has 2 amide bonds. The molecule has 0 unspecified atom stereocenters. The van der Waals surface area contributed by atoms with E-state index in [1.165, 1.54) is 19.4 Å². The Bertz CT molecular complexity index is 867. The van der Waals surface area contributed by atoms with Crippen LogP contribution in [0.1, 0.15) is 15.9 Å². The van der Waals surface area contributed by atoms with Crippen LogP contribution in [0.2, 0.25) is 10.0 Å². The Hall–Kier alpha value is -2.90. The molecule has 0 atom stereocenters. The lowest BCUT2D eigenvalue weighted by molar-refractivity contribution is -0.136. The molecular formula is C17H13Cl2N3O4. The van der Waals surface area contributed by atoms with Crippen LogP contribution in [0.3, 0.4) is 0 Å². The van der Waals surface area contributed by atoms with Crippen molar-refractivity contribution in [3.8, 4) is 0 Å². The van der Waals surface area contributed by atoms with Crippen molar-refractivity contribution >= 4 is 52.9 Å². The zero-order chi connectivity index (χ0) is 19.1. The number of halogens is 2. The van der Waals surface area contributed by atoms with Crippen LogP contribution in [-0.4, -0.2) is 31.1 Å². The second-order valence-corrected chi connectivity index (χ2v) is 5.65. The van der Waals surface area contributed by atoms with E-state index in [1.807, 2.05) is 0 Å². The number of carbonyl (C=O) groups is 3. The number of methoxy groups -OCH3 is 1. The van der Waals surface area contributed by atoms with Gasteiger partial charge in [-0.25, -0.2) is 10.2 Å². The van der Waals surface area contributed by atoms with Gasteiger partial charge < -0.3 is 10.1 Å². The lowest BCUT2D eigenvalue weighted by Gasteiger charge is -2.06.